The molecule has 1 aromatic carbocycles. The first-order chi connectivity index (χ1) is 9.99. The van der Waals surface area contributed by atoms with Crippen molar-refractivity contribution in [3.63, 3.8) is 0 Å². The van der Waals surface area contributed by atoms with Crippen LogP contribution in [-0.2, 0) is 16.0 Å². The van der Waals surface area contributed by atoms with Crippen LogP contribution >= 0.6 is 22.9 Å². The summed E-state index contributed by atoms with van der Waals surface area (Å²) in [5.74, 6) is -0.755. The molecule has 0 atom stereocenters. The van der Waals surface area contributed by atoms with Gasteiger partial charge >= 0.3 is 5.97 Å². The Hall–Kier alpha value is -2.05. The molecule has 0 saturated carbocycles. The number of amides is 1. The van der Waals surface area contributed by atoms with Crippen molar-refractivity contribution in [1.82, 2.24) is 0 Å². The second-order valence-corrected chi connectivity index (χ2v) is 5.67. The fourth-order valence-corrected chi connectivity index (χ4v) is 2.70. The molecule has 2 aromatic rings. The van der Waals surface area contributed by atoms with Crippen molar-refractivity contribution in [2.24, 2.45) is 0 Å². The monoisotopic (exact) mass is 325 g/mol. The summed E-state index contributed by atoms with van der Waals surface area (Å²) < 4.78 is 4.59. The number of thiophene rings is 1. The Balaban J connectivity index is 2.03. The van der Waals surface area contributed by atoms with Crippen LogP contribution in [0.4, 0.5) is 5.00 Å². The highest BCUT2D eigenvalue weighted by Crippen LogP contribution is 2.25. The quantitative estimate of drug-likeness (QED) is 0.847. The van der Waals surface area contributed by atoms with Gasteiger partial charge in [-0.25, -0.2) is 4.79 Å². The second kappa shape index (κ2) is 6.60. The van der Waals surface area contributed by atoms with Crippen LogP contribution in [0.3, 0.4) is 0 Å². The molecule has 1 heterocycles. The van der Waals surface area contributed by atoms with Gasteiger partial charge in [-0.2, -0.15) is 0 Å². The predicted octanol–water partition coefficient (Wildman–Crippen LogP) is 3.07. The molecule has 0 aliphatic carbocycles. The normalized spacial score (nSPS) is 10.2. The highest BCUT2D eigenvalue weighted by Gasteiger charge is 2.12. The average molecular weight is 326 g/mol. The number of carbonyl (C=O) groups excluding carboxylic acids is 2. The fraction of sp³-hybridized carbons (Fsp3) is 0.143. The summed E-state index contributed by atoms with van der Waals surface area (Å²) in [7, 11) is 1.29. The van der Waals surface area contributed by atoms with E-state index in [9.17, 15) is 14.7 Å². The van der Waals surface area contributed by atoms with E-state index >= 15 is 0 Å². The molecule has 0 fully saturated rings. The molecule has 0 aliphatic heterocycles. The maximum atomic E-state index is 11.9. The maximum Gasteiger partial charge on any atom is 0.348 e. The summed E-state index contributed by atoms with van der Waals surface area (Å²) in [6.45, 7) is 0. The molecule has 2 rings (SSSR count). The number of aromatic hydroxyl groups is 1. The Bertz CT molecular complexity index is 683. The number of phenolic OH excluding ortho intramolecular Hbond substituents is 1. The van der Waals surface area contributed by atoms with Gasteiger partial charge in [0.05, 0.1) is 18.5 Å². The Morgan fingerprint density at radius 1 is 1.33 bits per heavy atom. The first-order valence-electron chi connectivity index (χ1n) is 5.95. The van der Waals surface area contributed by atoms with E-state index in [-0.39, 0.29) is 18.1 Å². The number of carbonyl (C=O) groups is 2. The molecule has 5 nitrogen and oxygen atoms in total. The first-order valence-corrected chi connectivity index (χ1v) is 7.14. The number of hydrogen-bond donors (Lipinski definition) is 2. The van der Waals surface area contributed by atoms with Gasteiger partial charge in [-0.1, -0.05) is 11.6 Å². The number of benzene rings is 1. The zero-order valence-corrected chi connectivity index (χ0v) is 12.6. The highest BCUT2D eigenvalue weighted by atomic mass is 35.5. The molecule has 1 amide bonds. The van der Waals surface area contributed by atoms with Crippen molar-refractivity contribution in [1.29, 1.82) is 0 Å². The van der Waals surface area contributed by atoms with Gasteiger partial charge in [0.15, 0.2) is 0 Å². The fourth-order valence-electron chi connectivity index (χ4n) is 1.67. The third-order valence-electron chi connectivity index (χ3n) is 2.65. The molecule has 1 aromatic heterocycles. The number of esters is 1. The van der Waals surface area contributed by atoms with Crippen molar-refractivity contribution >= 4 is 39.8 Å². The Morgan fingerprint density at radius 2 is 2.10 bits per heavy atom. The number of nitrogens with one attached hydrogen (secondary N) is 1. The van der Waals surface area contributed by atoms with Gasteiger partial charge in [-0.05, 0) is 30.3 Å². The molecule has 0 spiro atoms. The third kappa shape index (κ3) is 3.96. The molecule has 0 saturated heterocycles. The first kappa shape index (κ1) is 15.3. The second-order valence-electron chi connectivity index (χ2n) is 4.15. The summed E-state index contributed by atoms with van der Waals surface area (Å²) in [5.41, 5.74) is 0.435. The molecule has 7 heteroatoms. The van der Waals surface area contributed by atoms with Gasteiger partial charge in [0, 0.05) is 10.6 Å². The number of phenols is 1. The molecule has 110 valence electrons. The summed E-state index contributed by atoms with van der Waals surface area (Å²) in [5, 5.41) is 13.3. The minimum atomic E-state index is -0.451. The van der Waals surface area contributed by atoms with Crippen LogP contribution in [0.5, 0.6) is 5.75 Å². The summed E-state index contributed by atoms with van der Waals surface area (Å²) in [4.78, 5) is 23.6. The molecule has 0 bridgehead atoms. The van der Waals surface area contributed by atoms with Crippen LogP contribution < -0.4 is 5.32 Å². The summed E-state index contributed by atoms with van der Waals surface area (Å²) in [6, 6.07) is 7.70. The van der Waals surface area contributed by atoms with Gasteiger partial charge in [0.25, 0.3) is 0 Å². The van der Waals surface area contributed by atoms with Gasteiger partial charge in [-0.15, -0.1) is 11.3 Å². The van der Waals surface area contributed by atoms with Crippen LogP contribution in [0.1, 0.15) is 15.2 Å². The third-order valence-corrected chi connectivity index (χ3v) is 3.86. The SMILES string of the molecule is COC(=O)c1ccc(NC(=O)Cc2cc(Cl)ccc2O)s1. The van der Waals surface area contributed by atoms with Crippen LogP contribution in [0.2, 0.25) is 5.02 Å². The minimum absolute atomic E-state index is 0.0102. The number of methoxy groups -OCH3 is 1. The topological polar surface area (TPSA) is 75.6 Å². The number of ether oxygens (including phenoxy) is 1. The number of anilines is 1. The van der Waals surface area contributed by atoms with E-state index in [1.54, 1.807) is 18.2 Å². The van der Waals surface area contributed by atoms with Gasteiger partial charge < -0.3 is 15.2 Å². The summed E-state index contributed by atoms with van der Waals surface area (Å²) >= 11 is 6.94. The van der Waals surface area contributed by atoms with E-state index in [1.807, 2.05) is 0 Å². The lowest BCUT2D eigenvalue weighted by atomic mass is 10.1. The Morgan fingerprint density at radius 3 is 2.81 bits per heavy atom. The van der Waals surface area contributed by atoms with E-state index in [4.69, 9.17) is 11.6 Å². The van der Waals surface area contributed by atoms with Crippen LogP contribution in [-0.4, -0.2) is 24.1 Å². The predicted molar refractivity (Wildman–Crippen MR) is 81.1 cm³/mol. The largest absolute Gasteiger partial charge is 0.508 e. The van der Waals surface area contributed by atoms with Crippen molar-refractivity contribution in [3.8, 4) is 5.75 Å². The van der Waals surface area contributed by atoms with E-state index in [0.717, 1.165) is 11.3 Å². The van der Waals surface area contributed by atoms with Crippen LogP contribution in [0.15, 0.2) is 30.3 Å². The standard InChI is InChI=1S/C14H12ClNO4S/c1-20-14(19)11-4-5-13(21-11)16-12(18)7-8-6-9(15)2-3-10(8)17/h2-6,17H,7H2,1H3,(H,16,18). The lowest BCUT2D eigenvalue weighted by Gasteiger charge is -2.05. The number of hydrogen-bond acceptors (Lipinski definition) is 5. The zero-order valence-electron chi connectivity index (χ0n) is 11.1. The van der Waals surface area contributed by atoms with E-state index < -0.39 is 5.97 Å². The Labute approximate surface area is 130 Å². The molecule has 0 unspecified atom stereocenters. The smallest absolute Gasteiger partial charge is 0.348 e. The van der Waals surface area contributed by atoms with Crippen LogP contribution in [0, 0.1) is 0 Å². The lowest BCUT2D eigenvalue weighted by molar-refractivity contribution is -0.115. The molecule has 2 N–H and O–H groups in total. The van der Waals surface area contributed by atoms with E-state index in [2.05, 4.69) is 10.1 Å². The van der Waals surface area contributed by atoms with Crippen molar-refractivity contribution in [2.45, 2.75) is 6.42 Å². The van der Waals surface area contributed by atoms with E-state index in [0.29, 0.717) is 20.5 Å². The molecular weight excluding hydrogens is 314 g/mol. The minimum Gasteiger partial charge on any atom is -0.508 e. The van der Waals surface area contributed by atoms with Crippen molar-refractivity contribution in [3.05, 3.63) is 45.8 Å². The van der Waals surface area contributed by atoms with Crippen molar-refractivity contribution < 1.29 is 19.4 Å². The molecule has 21 heavy (non-hydrogen) atoms. The molecular formula is C14H12ClNO4S. The number of rotatable bonds is 4. The van der Waals surface area contributed by atoms with Gasteiger partial charge in [0.1, 0.15) is 10.6 Å². The van der Waals surface area contributed by atoms with Gasteiger partial charge in [-0.3, -0.25) is 4.79 Å². The average Bonchev–Trinajstić information content (AvgIpc) is 2.90. The lowest BCUT2D eigenvalue weighted by Crippen LogP contribution is -2.13. The van der Waals surface area contributed by atoms with Gasteiger partial charge in [0.2, 0.25) is 5.91 Å². The van der Waals surface area contributed by atoms with Crippen molar-refractivity contribution in [2.75, 3.05) is 12.4 Å². The highest BCUT2D eigenvalue weighted by molar-refractivity contribution is 7.18. The molecule has 0 radical (unpaired) electrons. The molecule has 0 aliphatic rings. The summed E-state index contributed by atoms with van der Waals surface area (Å²) in [6.07, 6.45) is -0.0160. The van der Waals surface area contributed by atoms with Crippen LogP contribution in [0.25, 0.3) is 0 Å². The maximum absolute atomic E-state index is 11.9. The Kier molecular flexibility index (Phi) is 4.82. The number of halogens is 1. The van der Waals surface area contributed by atoms with E-state index in [1.165, 1.54) is 19.2 Å². The zero-order chi connectivity index (χ0) is 15.4.